The predicted octanol–water partition coefficient (Wildman–Crippen LogP) is 4.60. The number of carbonyl (C=O) groups is 1. The van der Waals surface area contributed by atoms with Crippen LogP contribution in [0.4, 0.5) is 11.6 Å². The first-order chi connectivity index (χ1) is 25.0. The zero-order valence-corrected chi connectivity index (χ0v) is 30.8. The molecule has 2 fully saturated rings. The molecule has 0 radical (unpaired) electrons. The number of hydrogen-bond donors (Lipinski definition) is 2. The molecule has 13 nitrogen and oxygen atoms in total. The Morgan fingerprint density at radius 1 is 1.10 bits per heavy atom. The molecule has 6 rings (SSSR count). The van der Waals surface area contributed by atoms with Crippen molar-refractivity contribution in [1.29, 1.82) is 5.26 Å². The zero-order valence-electron chi connectivity index (χ0n) is 30.0. The number of nitrogens with zero attached hydrogens (tertiary/aromatic N) is 6. The molecule has 2 aromatic heterocycles. The summed E-state index contributed by atoms with van der Waals surface area (Å²) in [7, 11) is 4.75. The van der Waals surface area contributed by atoms with Crippen LogP contribution in [0.3, 0.4) is 0 Å². The van der Waals surface area contributed by atoms with E-state index in [1.807, 2.05) is 26.0 Å². The molecule has 0 bridgehead atoms. The number of benzene rings is 2. The maximum Gasteiger partial charge on any atom is 0.266 e. The van der Waals surface area contributed by atoms with Gasteiger partial charge in [-0.2, -0.15) is 10.2 Å². The average molecular weight is 727 g/mol. The van der Waals surface area contributed by atoms with Crippen molar-refractivity contribution in [3.63, 3.8) is 0 Å². The Balaban J connectivity index is 1.18. The van der Waals surface area contributed by atoms with Gasteiger partial charge in [-0.1, -0.05) is 23.7 Å². The minimum absolute atomic E-state index is 0.0618. The first-order valence-electron chi connectivity index (χ1n) is 17.2. The van der Waals surface area contributed by atoms with Crippen LogP contribution in [-0.4, -0.2) is 102 Å². The zero-order chi connectivity index (χ0) is 37.0. The SMILES string of the molecule is CNc1ncc2cc(-c3cc(OC)cc(OC)c3Cl)c(=O)n(CCc3ccc(NC(=O)/C(C#N)=C\C(C)(C)N4CCN(C5COC5)CC4)cc3)c2n1. The maximum atomic E-state index is 14.1. The van der Waals surface area contributed by atoms with Crippen molar-refractivity contribution in [1.82, 2.24) is 24.3 Å². The van der Waals surface area contributed by atoms with Gasteiger partial charge in [0, 0.05) is 79.8 Å². The summed E-state index contributed by atoms with van der Waals surface area (Å²) < 4.78 is 17.9. The summed E-state index contributed by atoms with van der Waals surface area (Å²) in [6.45, 7) is 9.50. The highest BCUT2D eigenvalue weighted by Gasteiger charge is 2.34. The Labute approximate surface area is 307 Å². The summed E-state index contributed by atoms with van der Waals surface area (Å²) in [5.41, 5.74) is 2.07. The molecule has 52 heavy (non-hydrogen) atoms. The first kappa shape index (κ1) is 36.8. The van der Waals surface area contributed by atoms with E-state index in [0.717, 1.165) is 45.0 Å². The molecule has 0 unspecified atom stereocenters. The molecule has 14 heteroatoms. The molecule has 4 aromatic rings. The number of amides is 1. The van der Waals surface area contributed by atoms with E-state index in [2.05, 4.69) is 36.5 Å². The van der Waals surface area contributed by atoms with Crippen LogP contribution in [0, 0.1) is 11.3 Å². The van der Waals surface area contributed by atoms with E-state index in [4.69, 9.17) is 25.8 Å². The van der Waals surface area contributed by atoms with Crippen LogP contribution < -0.4 is 25.7 Å². The molecule has 0 atom stereocenters. The van der Waals surface area contributed by atoms with Crippen LogP contribution >= 0.6 is 11.6 Å². The fraction of sp³-hybridized carbons (Fsp3) is 0.395. The Bertz CT molecular complexity index is 2080. The first-order valence-corrected chi connectivity index (χ1v) is 17.5. The smallest absolute Gasteiger partial charge is 0.266 e. The van der Waals surface area contributed by atoms with E-state index < -0.39 is 11.4 Å². The second kappa shape index (κ2) is 15.7. The van der Waals surface area contributed by atoms with Crippen molar-refractivity contribution >= 4 is 40.2 Å². The summed E-state index contributed by atoms with van der Waals surface area (Å²) in [4.78, 5) is 41.1. The van der Waals surface area contributed by atoms with Gasteiger partial charge < -0.3 is 24.8 Å². The Kier molecular flexibility index (Phi) is 11.1. The van der Waals surface area contributed by atoms with Gasteiger partial charge in [0.25, 0.3) is 11.5 Å². The molecule has 0 spiro atoms. The molecular formula is C38H43ClN8O5. The summed E-state index contributed by atoms with van der Waals surface area (Å²) in [5.74, 6) is 0.791. The monoisotopic (exact) mass is 726 g/mol. The molecule has 2 aromatic carbocycles. The normalized spacial score (nSPS) is 15.9. The topological polar surface area (TPSA) is 147 Å². The van der Waals surface area contributed by atoms with Gasteiger partial charge in [0.1, 0.15) is 28.8 Å². The van der Waals surface area contributed by atoms with Crippen LogP contribution in [0.1, 0.15) is 19.4 Å². The van der Waals surface area contributed by atoms with E-state index in [1.54, 1.807) is 54.2 Å². The number of halogens is 1. The molecule has 272 valence electrons. The van der Waals surface area contributed by atoms with Gasteiger partial charge in [0.05, 0.1) is 38.5 Å². The van der Waals surface area contributed by atoms with E-state index >= 15 is 0 Å². The van der Waals surface area contributed by atoms with Gasteiger partial charge in [-0.15, -0.1) is 0 Å². The van der Waals surface area contributed by atoms with Crippen LogP contribution in [0.2, 0.25) is 5.02 Å². The lowest BCUT2D eigenvalue weighted by atomic mass is 9.97. The fourth-order valence-electron chi connectivity index (χ4n) is 6.60. The average Bonchev–Trinajstić information content (AvgIpc) is 3.13. The lowest BCUT2D eigenvalue weighted by molar-refractivity contribution is -0.112. The van der Waals surface area contributed by atoms with Gasteiger partial charge in [0.2, 0.25) is 5.95 Å². The van der Waals surface area contributed by atoms with Gasteiger partial charge in [0.15, 0.2) is 0 Å². The highest BCUT2D eigenvalue weighted by molar-refractivity contribution is 6.35. The van der Waals surface area contributed by atoms with Crippen LogP contribution in [0.25, 0.3) is 22.2 Å². The Morgan fingerprint density at radius 2 is 1.83 bits per heavy atom. The second-order valence-electron chi connectivity index (χ2n) is 13.4. The third kappa shape index (κ3) is 7.75. The minimum Gasteiger partial charge on any atom is -0.497 e. The van der Waals surface area contributed by atoms with E-state index in [0.29, 0.717) is 64.3 Å². The molecule has 2 N–H and O–H groups in total. The largest absolute Gasteiger partial charge is 0.497 e. The number of anilines is 2. The second-order valence-corrected chi connectivity index (χ2v) is 13.7. The number of ether oxygens (including phenoxy) is 3. The molecular weight excluding hydrogens is 684 g/mol. The van der Waals surface area contributed by atoms with Crippen LogP contribution in [-0.2, 0) is 22.5 Å². The Morgan fingerprint density at radius 3 is 2.44 bits per heavy atom. The third-order valence-electron chi connectivity index (χ3n) is 9.77. The van der Waals surface area contributed by atoms with Crippen molar-refractivity contribution in [2.75, 3.05) is 71.3 Å². The van der Waals surface area contributed by atoms with Crippen molar-refractivity contribution in [3.05, 3.63) is 81.3 Å². The van der Waals surface area contributed by atoms with Gasteiger partial charge in [-0.3, -0.25) is 24.0 Å². The summed E-state index contributed by atoms with van der Waals surface area (Å²) in [6.07, 6.45) is 3.90. The number of carbonyl (C=O) groups excluding carboxylic acids is 1. The van der Waals surface area contributed by atoms with Crippen molar-refractivity contribution in [3.8, 4) is 28.7 Å². The fourth-order valence-corrected chi connectivity index (χ4v) is 6.89. The molecule has 2 aliphatic rings. The number of aryl methyl sites for hydroxylation is 2. The highest BCUT2D eigenvalue weighted by Crippen LogP contribution is 2.38. The standard InChI is InChI=1S/C38H43ClN8O5/c1-38(2,46-14-12-45(13-15-46)28-22-52-23-28)19-26(20-40)35(48)43-27-8-6-24(7-9-27)10-11-47-34-25(21-42-37(41-3)44-34)16-31(36(47)49)30-17-29(50-4)18-32(51-5)33(30)39/h6-9,16-19,21,28H,10-15,22-23H2,1-5H3,(H,43,48)(H,41,42,44)/b26-19-. The Hall–Kier alpha value is -5.00. The number of piperazine rings is 1. The van der Waals surface area contributed by atoms with Gasteiger partial charge in [-0.05, 0) is 56.2 Å². The summed E-state index contributed by atoms with van der Waals surface area (Å²) >= 11 is 6.71. The molecule has 1 amide bonds. The van der Waals surface area contributed by atoms with Crippen LogP contribution in [0.5, 0.6) is 11.5 Å². The molecule has 2 saturated heterocycles. The number of hydrogen-bond acceptors (Lipinski definition) is 11. The number of nitrogens with one attached hydrogen (secondary N) is 2. The van der Waals surface area contributed by atoms with Crippen molar-refractivity contribution in [2.45, 2.75) is 38.4 Å². The molecule has 4 heterocycles. The lowest BCUT2D eigenvalue weighted by Crippen LogP contribution is -2.59. The summed E-state index contributed by atoms with van der Waals surface area (Å²) in [5, 5.41) is 16.7. The van der Waals surface area contributed by atoms with E-state index in [9.17, 15) is 14.9 Å². The van der Waals surface area contributed by atoms with Crippen LogP contribution in [0.15, 0.2) is 65.1 Å². The number of methoxy groups -OCH3 is 2. The minimum atomic E-state index is -0.475. The number of pyridine rings is 1. The highest BCUT2D eigenvalue weighted by atomic mass is 35.5. The molecule has 0 saturated carbocycles. The van der Waals surface area contributed by atoms with Crippen molar-refractivity contribution < 1.29 is 19.0 Å². The van der Waals surface area contributed by atoms with E-state index in [-0.39, 0.29) is 16.2 Å². The van der Waals surface area contributed by atoms with E-state index in [1.165, 1.54) is 14.2 Å². The maximum absolute atomic E-state index is 14.1. The van der Waals surface area contributed by atoms with Crippen molar-refractivity contribution in [2.24, 2.45) is 0 Å². The predicted molar refractivity (Wildman–Crippen MR) is 201 cm³/mol. The number of fused-ring (bicyclic) bond motifs is 1. The summed E-state index contributed by atoms with van der Waals surface area (Å²) in [6, 6.07) is 15.0. The molecule has 2 aliphatic heterocycles. The lowest BCUT2D eigenvalue weighted by Gasteiger charge is -2.46. The van der Waals surface area contributed by atoms with Gasteiger partial charge in [-0.25, -0.2) is 4.98 Å². The number of nitriles is 1. The number of rotatable bonds is 12. The third-order valence-corrected chi connectivity index (χ3v) is 10.2. The quantitative estimate of drug-likeness (QED) is 0.156. The number of aromatic nitrogens is 3. The molecule has 0 aliphatic carbocycles. The van der Waals surface area contributed by atoms with Gasteiger partial charge >= 0.3 is 0 Å².